The Hall–Kier alpha value is -2.28. The Kier molecular flexibility index (Phi) is 6.54. The number of ether oxygens (including phenoxy) is 2. The van der Waals surface area contributed by atoms with E-state index in [1.54, 1.807) is 0 Å². The molecule has 0 bridgehead atoms. The molecular formula is C22H31N3O4. The van der Waals surface area contributed by atoms with Gasteiger partial charge in [0.05, 0.1) is 6.54 Å². The van der Waals surface area contributed by atoms with Crippen molar-refractivity contribution in [1.29, 1.82) is 0 Å². The third-order valence-corrected chi connectivity index (χ3v) is 6.15. The summed E-state index contributed by atoms with van der Waals surface area (Å²) in [5.41, 5.74) is 0.990. The maximum absolute atomic E-state index is 12.8. The Bertz CT molecular complexity index is 723. The van der Waals surface area contributed by atoms with Crippen LogP contribution in [0.1, 0.15) is 44.1 Å². The molecule has 7 nitrogen and oxygen atoms in total. The summed E-state index contributed by atoms with van der Waals surface area (Å²) in [5.74, 6) is 1.95. The predicted molar refractivity (Wildman–Crippen MR) is 109 cm³/mol. The summed E-state index contributed by atoms with van der Waals surface area (Å²) >= 11 is 0. The van der Waals surface area contributed by atoms with E-state index in [0.717, 1.165) is 68.9 Å². The smallest absolute Gasteiger partial charge is 0.234 e. The molecule has 0 atom stereocenters. The van der Waals surface area contributed by atoms with Crippen LogP contribution in [0.3, 0.4) is 0 Å². The van der Waals surface area contributed by atoms with E-state index in [1.807, 2.05) is 18.2 Å². The van der Waals surface area contributed by atoms with Crippen LogP contribution < -0.4 is 14.8 Å². The number of piperidine rings is 1. The summed E-state index contributed by atoms with van der Waals surface area (Å²) < 4.78 is 10.7. The van der Waals surface area contributed by atoms with Crippen molar-refractivity contribution >= 4 is 11.8 Å². The molecule has 7 heteroatoms. The van der Waals surface area contributed by atoms with Crippen LogP contribution in [0.25, 0.3) is 0 Å². The van der Waals surface area contributed by atoms with Gasteiger partial charge in [0.25, 0.3) is 0 Å². The minimum Gasteiger partial charge on any atom is -0.454 e. The highest BCUT2D eigenvalue weighted by molar-refractivity contribution is 5.79. The molecule has 3 heterocycles. The minimum absolute atomic E-state index is 0.0139. The van der Waals surface area contributed by atoms with Crippen molar-refractivity contribution in [1.82, 2.24) is 15.1 Å². The Labute approximate surface area is 172 Å². The average Bonchev–Trinajstić information content (AvgIpc) is 3.04. The van der Waals surface area contributed by atoms with Crippen molar-refractivity contribution in [2.45, 2.75) is 45.1 Å². The second-order valence-electron chi connectivity index (χ2n) is 8.25. The number of nitrogens with zero attached hydrogens (tertiary/aromatic N) is 2. The first kappa shape index (κ1) is 20.0. The van der Waals surface area contributed by atoms with Crippen LogP contribution in [0.2, 0.25) is 0 Å². The fraction of sp³-hybridized carbons (Fsp3) is 0.636. The van der Waals surface area contributed by atoms with E-state index in [9.17, 15) is 9.59 Å². The fourth-order valence-corrected chi connectivity index (χ4v) is 4.40. The maximum atomic E-state index is 12.8. The number of carbonyl (C=O) groups is 2. The van der Waals surface area contributed by atoms with Crippen LogP contribution in [0.4, 0.5) is 0 Å². The monoisotopic (exact) mass is 401 g/mol. The van der Waals surface area contributed by atoms with Crippen molar-refractivity contribution in [3.05, 3.63) is 23.8 Å². The molecule has 0 aliphatic carbocycles. The molecule has 1 aromatic rings. The lowest BCUT2D eigenvalue weighted by atomic mass is 9.95. The van der Waals surface area contributed by atoms with E-state index in [4.69, 9.17) is 9.47 Å². The summed E-state index contributed by atoms with van der Waals surface area (Å²) in [4.78, 5) is 29.3. The molecule has 4 rings (SSSR count). The van der Waals surface area contributed by atoms with Gasteiger partial charge in [0, 0.05) is 25.6 Å². The van der Waals surface area contributed by atoms with Gasteiger partial charge < -0.3 is 19.7 Å². The quantitative estimate of drug-likeness (QED) is 0.819. The Morgan fingerprint density at radius 1 is 0.966 bits per heavy atom. The molecule has 0 radical (unpaired) electrons. The number of nitrogens with one attached hydrogen (secondary N) is 1. The topological polar surface area (TPSA) is 71.1 Å². The van der Waals surface area contributed by atoms with Crippen molar-refractivity contribution < 1.29 is 19.1 Å². The molecule has 0 saturated carbocycles. The second kappa shape index (κ2) is 9.48. The number of hydrogen-bond acceptors (Lipinski definition) is 5. The molecule has 1 N–H and O–H groups in total. The molecule has 0 aromatic heterocycles. The zero-order valence-corrected chi connectivity index (χ0v) is 17.0. The van der Waals surface area contributed by atoms with Gasteiger partial charge in [-0.1, -0.05) is 18.9 Å². The van der Waals surface area contributed by atoms with Crippen LogP contribution in [-0.4, -0.2) is 61.1 Å². The largest absolute Gasteiger partial charge is 0.454 e. The van der Waals surface area contributed by atoms with Crippen LogP contribution in [0, 0.1) is 5.92 Å². The van der Waals surface area contributed by atoms with E-state index < -0.39 is 0 Å². The van der Waals surface area contributed by atoms with Gasteiger partial charge >= 0.3 is 0 Å². The highest BCUT2D eigenvalue weighted by atomic mass is 16.7. The highest BCUT2D eigenvalue weighted by Gasteiger charge is 2.29. The van der Waals surface area contributed by atoms with E-state index >= 15 is 0 Å². The molecule has 29 heavy (non-hydrogen) atoms. The fourth-order valence-electron chi connectivity index (χ4n) is 4.40. The number of likely N-dealkylation sites (tertiary alicyclic amines) is 2. The molecular weight excluding hydrogens is 370 g/mol. The van der Waals surface area contributed by atoms with Gasteiger partial charge in [-0.05, 0) is 56.5 Å². The Balaban J connectivity index is 1.18. The number of benzene rings is 1. The summed E-state index contributed by atoms with van der Waals surface area (Å²) in [6.45, 7) is 4.56. The van der Waals surface area contributed by atoms with Gasteiger partial charge in [-0.15, -0.1) is 0 Å². The van der Waals surface area contributed by atoms with Gasteiger partial charge in [0.15, 0.2) is 11.5 Å². The number of rotatable bonds is 5. The molecule has 158 valence electrons. The first-order valence-corrected chi connectivity index (χ1v) is 10.9. The molecule has 3 aliphatic heterocycles. The lowest BCUT2D eigenvalue weighted by Crippen LogP contribution is -2.45. The summed E-state index contributed by atoms with van der Waals surface area (Å²) in [6, 6.07) is 5.71. The minimum atomic E-state index is 0.0139. The predicted octanol–water partition coefficient (Wildman–Crippen LogP) is 2.15. The van der Waals surface area contributed by atoms with Gasteiger partial charge in [-0.3, -0.25) is 14.5 Å². The van der Waals surface area contributed by atoms with E-state index in [2.05, 4.69) is 15.1 Å². The molecule has 0 spiro atoms. The standard InChI is InChI=1S/C22H31N3O4/c26-21(23-14-17-5-6-19-20(13-17)29-16-28-19)15-24-11-7-18(8-12-24)22(27)25-9-3-1-2-4-10-25/h5-6,13,18H,1-4,7-12,14-16H2,(H,23,26). The number of carbonyl (C=O) groups excluding carboxylic acids is 2. The first-order valence-electron chi connectivity index (χ1n) is 10.9. The first-order chi connectivity index (χ1) is 14.2. The van der Waals surface area contributed by atoms with Crippen LogP contribution in [-0.2, 0) is 16.1 Å². The zero-order valence-electron chi connectivity index (χ0n) is 17.0. The van der Waals surface area contributed by atoms with Crippen molar-refractivity contribution in [2.75, 3.05) is 39.5 Å². The zero-order chi connectivity index (χ0) is 20.1. The molecule has 0 unspecified atom stereocenters. The number of hydrogen-bond donors (Lipinski definition) is 1. The van der Waals surface area contributed by atoms with E-state index in [1.165, 1.54) is 12.8 Å². The van der Waals surface area contributed by atoms with Crippen molar-refractivity contribution in [3.8, 4) is 11.5 Å². The molecule has 1 aromatic carbocycles. The van der Waals surface area contributed by atoms with Crippen molar-refractivity contribution in [3.63, 3.8) is 0 Å². The van der Waals surface area contributed by atoms with Gasteiger partial charge in [0.1, 0.15) is 0 Å². The molecule has 2 fully saturated rings. The highest BCUT2D eigenvalue weighted by Crippen LogP contribution is 2.32. The van der Waals surface area contributed by atoms with Crippen LogP contribution in [0.5, 0.6) is 11.5 Å². The number of fused-ring (bicyclic) bond motifs is 1. The second-order valence-corrected chi connectivity index (χ2v) is 8.25. The SMILES string of the molecule is O=C(CN1CCC(C(=O)N2CCCCCC2)CC1)NCc1ccc2c(c1)OCO2. The Morgan fingerprint density at radius 3 is 2.45 bits per heavy atom. The summed E-state index contributed by atoms with van der Waals surface area (Å²) in [7, 11) is 0. The van der Waals surface area contributed by atoms with Crippen LogP contribution in [0.15, 0.2) is 18.2 Å². The van der Waals surface area contributed by atoms with Crippen LogP contribution >= 0.6 is 0 Å². The van der Waals surface area contributed by atoms with Gasteiger partial charge in [0.2, 0.25) is 18.6 Å². The molecule has 3 aliphatic rings. The third-order valence-electron chi connectivity index (χ3n) is 6.15. The summed E-state index contributed by atoms with van der Waals surface area (Å²) in [6.07, 6.45) is 6.45. The molecule has 2 saturated heterocycles. The van der Waals surface area contributed by atoms with E-state index in [-0.39, 0.29) is 18.6 Å². The third kappa shape index (κ3) is 5.21. The van der Waals surface area contributed by atoms with Gasteiger partial charge in [-0.25, -0.2) is 0 Å². The van der Waals surface area contributed by atoms with E-state index in [0.29, 0.717) is 19.0 Å². The van der Waals surface area contributed by atoms with Crippen molar-refractivity contribution in [2.24, 2.45) is 5.92 Å². The van der Waals surface area contributed by atoms with Gasteiger partial charge in [-0.2, -0.15) is 0 Å². The lowest BCUT2D eigenvalue weighted by Gasteiger charge is -2.33. The molecule has 2 amide bonds. The number of amides is 2. The Morgan fingerprint density at radius 2 is 1.69 bits per heavy atom. The summed E-state index contributed by atoms with van der Waals surface area (Å²) in [5, 5.41) is 2.98. The lowest BCUT2D eigenvalue weighted by molar-refractivity contribution is -0.137. The average molecular weight is 402 g/mol. The normalized spacial score (nSPS) is 20.3. The maximum Gasteiger partial charge on any atom is 0.234 e.